The maximum absolute atomic E-state index is 11.9. The second kappa shape index (κ2) is 6.59. The summed E-state index contributed by atoms with van der Waals surface area (Å²) in [6.07, 6.45) is 7.90. The number of amides is 1. The lowest BCUT2D eigenvalue weighted by Gasteiger charge is -2.30. The van der Waals surface area contributed by atoms with Gasteiger partial charge in [-0.1, -0.05) is 12.5 Å². The van der Waals surface area contributed by atoms with Gasteiger partial charge in [-0.3, -0.25) is 9.78 Å². The summed E-state index contributed by atoms with van der Waals surface area (Å²) >= 11 is 0. The van der Waals surface area contributed by atoms with Crippen LogP contribution >= 0.6 is 0 Å². The van der Waals surface area contributed by atoms with Crippen LogP contribution in [0.4, 0.5) is 5.82 Å². The van der Waals surface area contributed by atoms with Crippen LogP contribution in [0.3, 0.4) is 0 Å². The number of hydrogen-bond acceptors (Lipinski definition) is 5. The number of nitrogens with zero attached hydrogens (tertiary/aromatic N) is 4. The molecule has 6 nitrogen and oxygen atoms in total. The van der Waals surface area contributed by atoms with Crippen molar-refractivity contribution in [3.05, 3.63) is 35.7 Å². The third-order valence-electron chi connectivity index (χ3n) is 6.46. The van der Waals surface area contributed by atoms with Crippen LogP contribution in [0.5, 0.6) is 0 Å². The van der Waals surface area contributed by atoms with Gasteiger partial charge in [-0.25, -0.2) is 9.97 Å². The SMILES string of the molecule is CC(=O)N1CCc2c(nc(-c3ccccn3)nc2N[C@@H]2C[C@@H]3CC[C@H]2C3)C1. The zero-order valence-corrected chi connectivity index (χ0v) is 15.7. The lowest BCUT2D eigenvalue weighted by Crippen LogP contribution is -2.36. The summed E-state index contributed by atoms with van der Waals surface area (Å²) in [6.45, 7) is 2.92. The van der Waals surface area contributed by atoms with E-state index in [-0.39, 0.29) is 5.91 Å². The van der Waals surface area contributed by atoms with Gasteiger partial charge in [0.05, 0.1) is 12.2 Å². The lowest BCUT2D eigenvalue weighted by atomic mass is 9.95. The van der Waals surface area contributed by atoms with E-state index in [4.69, 9.17) is 9.97 Å². The summed E-state index contributed by atoms with van der Waals surface area (Å²) in [5, 5.41) is 3.77. The van der Waals surface area contributed by atoms with Crippen LogP contribution in [0.1, 0.15) is 43.9 Å². The number of anilines is 1. The molecule has 2 aromatic rings. The van der Waals surface area contributed by atoms with Crippen molar-refractivity contribution < 1.29 is 4.79 Å². The van der Waals surface area contributed by atoms with Gasteiger partial charge in [0.1, 0.15) is 11.5 Å². The first-order valence-electron chi connectivity index (χ1n) is 10.0. The fraction of sp³-hybridized carbons (Fsp3) is 0.524. The number of nitrogens with one attached hydrogen (secondary N) is 1. The minimum Gasteiger partial charge on any atom is -0.367 e. The first kappa shape index (κ1) is 16.7. The lowest BCUT2D eigenvalue weighted by molar-refractivity contribution is -0.129. The maximum Gasteiger partial charge on any atom is 0.219 e. The highest BCUT2D eigenvalue weighted by molar-refractivity contribution is 5.74. The Morgan fingerprint density at radius 2 is 2.15 bits per heavy atom. The molecular weight excluding hydrogens is 338 g/mol. The third kappa shape index (κ3) is 3.07. The van der Waals surface area contributed by atoms with E-state index in [2.05, 4.69) is 10.3 Å². The molecule has 1 amide bonds. The molecule has 140 valence electrons. The molecule has 0 radical (unpaired) electrons. The van der Waals surface area contributed by atoms with E-state index in [0.29, 0.717) is 18.4 Å². The van der Waals surface area contributed by atoms with Crippen molar-refractivity contribution in [3.63, 3.8) is 0 Å². The summed E-state index contributed by atoms with van der Waals surface area (Å²) in [7, 11) is 0. The molecule has 1 N–H and O–H groups in total. The summed E-state index contributed by atoms with van der Waals surface area (Å²) < 4.78 is 0. The molecule has 3 atom stereocenters. The van der Waals surface area contributed by atoms with Gasteiger partial charge in [0, 0.05) is 31.3 Å². The molecule has 2 aliphatic carbocycles. The van der Waals surface area contributed by atoms with Gasteiger partial charge in [0.2, 0.25) is 5.91 Å². The number of fused-ring (bicyclic) bond motifs is 3. The first-order valence-corrected chi connectivity index (χ1v) is 10.0. The highest BCUT2D eigenvalue weighted by atomic mass is 16.2. The molecule has 2 bridgehead atoms. The van der Waals surface area contributed by atoms with E-state index >= 15 is 0 Å². The fourth-order valence-corrected chi connectivity index (χ4v) is 5.03. The van der Waals surface area contributed by atoms with E-state index in [1.807, 2.05) is 23.1 Å². The summed E-state index contributed by atoms with van der Waals surface area (Å²) in [5.41, 5.74) is 2.91. The quantitative estimate of drug-likeness (QED) is 0.907. The van der Waals surface area contributed by atoms with Crippen molar-refractivity contribution in [3.8, 4) is 11.5 Å². The van der Waals surface area contributed by atoms with Crippen molar-refractivity contribution in [2.45, 2.75) is 51.6 Å². The van der Waals surface area contributed by atoms with Crippen LogP contribution in [-0.4, -0.2) is 38.3 Å². The number of rotatable bonds is 3. The number of carbonyl (C=O) groups excluding carboxylic acids is 1. The molecule has 3 aliphatic rings. The Morgan fingerprint density at radius 3 is 2.85 bits per heavy atom. The molecule has 3 heterocycles. The Hall–Kier alpha value is -2.50. The Balaban J connectivity index is 1.52. The molecule has 1 aliphatic heterocycles. The van der Waals surface area contributed by atoms with Gasteiger partial charge in [-0.05, 0) is 49.7 Å². The van der Waals surface area contributed by atoms with Gasteiger partial charge in [0.25, 0.3) is 0 Å². The molecule has 2 saturated carbocycles. The maximum atomic E-state index is 11.9. The van der Waals surface area contributed by atoms with Crippen molar-refractivity contribution >= 4 is 11.7 Å². The van der Waals surface area contributed by atoms with E-state index in [1.54, 1.807) is 13.1 Å². The normalized spacial score (nSPS) is 26.1. The molecule has 0 aromatic carbocycles. The van der Waals surface area contributed by atoms with Gasteiger partial charge >= 0.3 is 0 Å². The molecule has 5 rings (SSSR count). The Labute approximate surface area is 159 Å². The average molecular weight is 363 g/mol. The van der Waals surface area contributed by atoms with Gasteiger partial charge in [-0.15, -0.1) is 0 Å². The first-order chi connectivity index (χ1) is 13.2. The number of hydrogen-bond donors (Lipinski definition) is 1. The van der Waals surface area contributed by atoms with E-state index in [1.165, 1.54) is 31.2 Å². The van der Waals surface area contributed by atoms with Crippen molar-refractivity contribution in [2.24, 2.45) is 11.8 Å². The molecule has 2 fully saturated rings. The summed E-state index contributed by atoms with van der Waals surface area (Å²) in [4.78, 5) is 27.8. The van der Waals surface area contributed by atoms with Gasteiger partial charge in [-0.2, -0.15) is 0 Å². The molecule has 0 spiro atoms. The van der Waals surface area contributed by atoms with Crippen LogP contribution in [0, 0.1) is 11.8 Å². The van der Waals surface area contributed by atoms with Gasteiger partial charge < -0.3 is 10.2 Å². The van der Waals surface area contributed by atoms with Crippen LogP contribution in [0.15, 0.2) is 24.4 Å². The molecule has 27 heavy (non-hydrogen) atoms. The molecule has 2 aromatic heterocycles. The molecule has 0 saturated heterocycles. The van der Waals surface area contributed by atoms with E-state index in [9.17, 15) is 4.79 Å². The monoisotopic (exact) mass is 363 g/mol. The van der Waals surface area contributed by atoms with Gasteiger partial charge in [0.15, 0.2) is 5.82 Å². The van der Waals surface area contributed by atoms with E-state index < -0.39 is 0 Å². The fourth-order valence-electron chi connectivity index (χ4n) is 5.03. The predicted molar refractivity (Wildman–Crippen MR) is 103 cm³/mol. The minimum absolute atomic E-state index is 0.0984. The molecule has 6 heteroatoms. The highest BCUT2D eigenvalue weighted by Gasteiger charge is 2.40. The number of carbonyl (C=O) groups is 1. The smallest absolute Gasteiger partial charge is 0.219 e. The molecular formula is C21H25N5O. The minimum atomic E-state index is 0.0984. The second-order valence-corrected chi connectivity index (χ2v) is 8.15. The number of aromatic nitrogens is 3. The predicted octanol–water partition coefficient (Wildman–Crippen LogP) is 3.04. The highest BCUT2D eigenvalue weighted by Crippen LogP contribution is 2.45. The van der Waals surface area contributed by atoms with Crippen molar-refractivity contribution in [2.75, 3.05) is 11.9 Å². The van der Waals surface area contributed by atoms with Crippen LogP contribution < -0.4 is 5.32 Å². The van der Waals surface area contributed by atoms with Crippen molar-refractivity contribution in [1.29, 1.82) is 0 Å². The Bertz CT molecular complexity index is 868. The summed E-state index contributed by atoms with van der Waals surface area (Å²) in [5.74, 6) is 3.36. The van der Waals surface area contributed by atoms with Crippen LogP contribution in [0.2, 0.25) is 0 Å². The van der Waals surface area contributed by atoms with Crippen LogP contribution in [0.25, 0.3) is 11.5 Å². The second-order valence-electron chi connectivity index (χ2n) is 8.15. The van der Waals surface area contributed by atoms with E-state index in [0.717, 1.165) is 42.0 Å². The molecule has 0 unspecified atom stereocenters. The third-order valence-corrected chi connectivity index (χ3v) is 6.46. The average Bonchev–Trinajstić information content (AvgIpc) is 3.31. The largest absolute Gasteiger partial charge is 0.367 e. The Kier molecular flexibility index (Phi) is 4.06. The zero-order chi connectivity index (χ0) is 18.4. The summed E-state index contributed by atoms with van der Waals surface area (Å²) in [6, 6.07) is 6.31. The standard InChI is InChI=1S/C21H25N5O/c1-13(27)26-9-7-16-19(12-26)24-21(17-4-2-3-8-22-17)25-20(16)23-18-11-14-5-6-15(18)10-14/h2-4,8,14-15,18H,5-7,9-12H2,1H3,(H,23,24,25)/t14-,15+,18-/m1/s1. The topological polar surface area (TPSA) is 71.0 Å². The van der Waals surface area contributed by atoms with Crippen LogP contribution in [-0.2, 0) is 17.8 Å². The number of pyridine rings is 1. The Morgan fingerprint density at radius 1 is 1.22 bits per heavy atom. The van der Waals surface area contributed by atoms with Crippen molar-refractivity contribution in [1.82, 2.24) is 19.9 Å². The zero-order valence-electron chi connectivity index (χ0n) is 15.7.